The topological polar surface area (TPSA) is 38.8 Å². The van der Waals surface area contributed by atoms with Crippen molar-refractivity contribution >= 4 is 33.2 Å². The van der Waals surface area contributed by atoms with E-state index in [1.807, 2.05) is 6.92 Å². The van der Waals surface area contributed by atoms with Gasteiger partial charge in [0.2, 0.25) is 0 Å². The minimum atomic E-state index is -0.0438. The maximum Gasteiger partial charge on any atom is 0.267 e. The maximum atomic E-state index is 12.2. The van der Waals surface area contributed by atoms with E-state index in [1.165, 1.54) is 11.3 Å². The van der Waals surface area contributed by atoms with E-state index in [1.54, 1.807) is 26.2 Å². The van der Waals surface area contributed by atoms with Gasteiger partial charge in [-0.25, -0.2) is 0 Å². The lowest BCUT2D eigenvalue weighted by Gasteiger charge is -2.16. The molecule has 0 spiro atoms. The zero-order valence-electron chi connectivity index (χ0n) is 10.4. The van der Waals surface area contributed by atoms with E-state index in [9.17, 15) is 4.79 Å². The van der Waals surface area contributed by atoms with Gasteiger partial charge in [-0.05, 0) is 22.9 Å². The van der Waals surface area contributed by atoms with Crippen LogP contribution in [-0.2, 0) is 4.74 Å². The molecular weight excluding hydrogens is 306 g/mol. The van der Waals surface area contributed by atoms with Gasteiger partial charge in [-0.1, -0.05) is 0 Å². The van der Waals surface area contributed by atoms with Crippen molar-refractivity contribution in [3.05, 3.63) is 14.2 Å². The first-order valence-corrected chi connectivity index (χ1v) is 6.71. The number of likely N-dealkylation sites (N-methyl/N-ethyl adjacent to an activating group) is 1. The van der Waals surface area contributed by atoms with Gasteiger partial charge in [0.1, 0.15) is 4.88 Å². The lowest BCUT2D eigenvalue weighted by atomic mass is 10.3. The molecule has 0 bridgehead atoms. The van der Waals surface area contributed by atoms with Crippen molar-refractivity contribution in [2.24, 2.45) is 0 Å². The highest BCUT2D eigenvalue weighted by atomic mass is 79.9. The molecule has 4 nitrogen and oxygen atoms in total. The van der Waals surface area contributed by atoms with Crippen LogP contribution in [0.4, 0.5) is 0 Å². The molecule has 17 heavy (non-hydrogen) atoms. The zero-order chi connectivity index (χ0) is 13.0. The van der Waals surface area contributed by atoms with Crippen molar-refractivity contribution in [3.8, 4) is 5.75 Å². The number of ether oxygens (including phenoxy) is 2. The Labute approximate surface area is 114 Å². The quantitative estimate of drug-likeness (QED) is 0.836. The summed E-state index contributed by atoms with van der Waals surface area (Å²) < 4.78 is 11.1. The predicted molar refractivity (Wildman–Crippen MR) is 72.1 cm³/mol. The van der Waals surface area contributed by atoms with E-state index >= 15 is 0 Å². The second-order valence-electron chi connectivity index (χ2n) is 3.55. The fourth-order valence-electron chi connectivity index (χ4n) is 1.33. The first-order chi connectivity index (χ1) is 8.02. The molecule has 0 aliphatic heterocycles. The van der Waals surface area contributed by atoms with Crippen LogP contribution in [0.2, 0.25) is 0 Å². The lowest BCUT2D eigenvalue weighted by Crippen LogP contribution is -2.29. The molecule has 1 aromatic heterocycles. The SMILES string of the molecule is COCCN(C)C(=O)c1sc(C)c(Br)c1OC. The zero-order valence-corrected chi connectivity index (χ0v) is 12.8. The van der Waals surface area contributed by atoms with Gasteiger partial charge >= 0.3 is 0 Å². The summed E-state index contributed by atoms with van der Waals surface area (Å²) in [6.07, 6.45) is 0. The van der Waals surface area contributed by atoms with Gasteiger partial charge in [0.15, 0.2) is 5.75 Å². The van der Waals surface area contributed by atoms with Gasteiger partial charge in [0, 0.05) is 25.6 Å². The van der Waals surface area contributed by atoms with Crippen LogP contribution in [0.1, 0.15) is 14.5 Å². The van der Waals surface area contributed by atoms with E-state index < -0.39 is 0 Å². The van der Waals surface area contributed by atoms with Crippen molar-refractivity contribution in [1.82, 2.24) is 4.90 Å². The molecule has 0 radical (unpaired) electrons. The summed E-state index contributed by atoms with van der Waals surface area (Å²) in [5, 5.41) is 0. The second kappa shape index (κ2) is 6.37. The largest absolute Gasteiger partial charge is 0.494 e. The second-order valence-corrected chi connectivity index (χ2v) is 5.57. The number of halogens is 1. The number of methoxy groups -OCH3 is 2. The average Bonchev–Trinajstić information content (AvgIpc) is 2.61. The third-order valence-corrected chi connectivity index (χ3v) is 4.64. The van der Waals surface area contributed by atoms with Crippen LogP contribution in [0.15, 0.2) is 4.47 Å². The number of aryl methyl sites for hydroxylation is 1. The lowest BCUT2D eigenvalue weighted by molar-refractivity contribution is 0.0746. The monoisotopic (exact) mass is 321 g/mol. The van der Waals surface area contributed by atoms with Crippen LogP contribution < -0.4 is 4.74 Å². The van der Waals surface area contributed by atoms with Crippen LogP contribution in [0, 0.1) is 6.92 Å². The number of carbonyl (C=O) groups is 1. The molecule has 0 aliphatic carbocycles. The highest BCUT2D eigenvalue weighted by Gasteiger charge is 2.23. The molecule has 0 aliphatic rings. The van der Waals surface area contributed by atoms with E-state index in [-0.39, 0.29) is 5.91 Å². The van der Waals surface area contributed by atoms with Crippen molar-refractivity contribution in [1.29, 1.82) is 0 Å². The van der Waals surface area contributed by atoms with Crippen LogP contribution in [0.25, 0.3) is 0 Å². The van der Waals surface area contributed by atoms with Gasteiger partial charge in [-0.2, -0.15) is 0 Å². The smallest absolute Gasteiger partial charge is 0.267 e. The molecule has 0 saturated heterocycles. The molecule has 0 unspecified atom stereocenters. The summed E-state index contributed by atoms with van der Waals surface area (Å²) in [7, 11) is 4.94. The molecule has 1 heterocycles. The standard InChI is InChI=1S/C11H16BrNO3S/c1-7-8(12)9(16-4)10(17-7)11(14)13(2)5-6-15-3/h5-6H2,1-4H3. The molecule has 1 rings (SSSR count). The molecule has 1 aromatic rings. The van der Waals surface area contributed by atoms with Crippen molar-refractivity contribution in [2.45, 2.75) is 6.92 Å². The van der Waals surface area contributed by atoms with Crippen LogP contribution >= 0.6 is 27.3 Å². The Balaban J connectivity index is 2.92. The molecule has 0 fully saturated rings. The normalized spacial score (nSPS) is 10.4. The summed E-state index contributed by atoms with van der Waals surface area (Å²) in [5.74, 6) is 0.569. The number of hydrogen-bond acceptors (Lipinski definition) is 4. The molecular formula is C11H16BrNO3S. The van der Waals surface area contributed by atoms with E-state index in [0.29, 0.717) is 23.8 Å². The minimum absolute atomic E-state index is 0.0438. The summed E-state index contributed by atoms with van der Waals surface area (Å²) in [4.78, 5) is 15.5. The molecule has 96 valence electrons. The molecule has 0 saturated carbocycles. The van der Waals surface area contributed by atoms with Crippen LogP contribution in [0.3, 0.4) is 0 Å². The Hall–Kier alpha value is -0.590. The van der Waals surface area contributed by atoms with E-state index in [4.69, 9.17) is 9.47 Å². The first-order valence-electron chi connectivity index (χ1n) is 5.10. The van der Waals surface area contributed by atoms with E-state index in [0.717, 1.165) is 9.35 Å². The van der Waals surface area contributed by atoms with Crippen LogP contribution in [0.5, 0.6) is 5.75 Å². The molecule has 6 heteroatoms. The van der Waals surface area contributed by atoms with Crippen molar-refractivity contribution in [3.63, 3.8) is 0 Å². The highest BCUT2D eigenvalue weighted by molar-refractivity contribution is 9.10. The summed E-state index contributed by atoms with van der Waals surface area (Å²) in [6.45, 7) is 3.03. The number of hydrogen-bond donors (Lipinski definition) is 0. The average molecular weight is 322 g/mol. The van der Waals surface area contributed by atoms with Gasteiger partial charge in [-0.3, -0.25) is 4.79 Å². The summed E-state index contributed by atoms with van der Waals surface area (Å²) in [6, 6.07) is 0. The minimum Gasteiger partial charge on any atom is -0.494 e. The highest BCUT2D eigenvalue weighted by Crippen LogP contribution is 2.39. The number of thiophene rings is 1. The fraction of sp³-hybridized carbons (Fsp3) is 0.545. The van der Waals surface area contributed by atoms with Gasteiger partial charge in [-0.15, -0.1) is 11.3 Å². The molecule has 1 amide bonds. The molecule has 0 atom stereocenters. The van der Waals surface area contributed by atoms with Gasteiger partial charge in [0.25, 0.3) is 5.91 Å². The third kappa shape index (κ3) is 3.20. The number of rotatable bonds is 5. The number of amides is 1. The molecule has 0 aromatic carbocycles. The predicted octanol–water partition coefficient (Wildman–Crippen LogP) is 2.55. The fourth-order valence-corrected chi connectivity index (χ4v) is 3.07. The number of nitrogens with zero attached hydrogens (tertiary/aromatic N) is 1. The summed E-state index contributed by atoms with van der Waals surface area (Å²) in [5.41, 5.74) is 0. The first kappa shape index (κ1) is 14.5. The molecule has 0 N–H and O–H groups in total. The number of carbonyl (C=O) groups excluding carboxylic acids is 1. The maximum absolute atomic E-state index is 12.2. The Bertz CT molecular complexity index is 406. The third-order valence-electron chi connectivity index (χ3n) is 2.35. The summed E-state index contributed by atoms with van der Waals surface area (Å²) >= 11 is 4.85. The van der Waals surface area contributed by atoms with Crippen LogP contribution in [-0.4, -0.2) is 45.2 Å². The Morgan fingerprint density at radius 3 is 2.65 bits per heavy atom. The Morgan fingerprint density at radius 1 is 1.47 bits per heavy atom. The Kier molecular flexibility index (Phi) is 5.42. The van der Waals surface area contributed by atoms with Gasteiger partial charge in [0.05, 0.1) is 18.2 Å². The Morgan fingerprint density at radius 2 is 2.12 bits per heavy atom. The van der Waals surface area contributed by atoms with Crippen molar-refractivity contribution < 1.29 is 14.3 Å². The van der Waals surface area contributed by atoms with Gasteiger partial charge < -0.3 is 14.4 Å². The van der Waals surface area contributed by atoms with Crippen molar-refractivity contribution in [2.75, 3.05) is 34.4 Å². The van der Waals surface area contributed by atoms with E-state index in [2.05, 4.69) is 15.9 Å².